The number of ether oxygens (including phenoxy) is 1. The van der Waals surface area contributed by atoms with Crippen molar-refractivity contribution in [3.05, 3.63) is 65.6 Å². The molecule has 2 amide bonds. The Hall–Kier alpha value is -3.54. The lowest BCUT2D eigenvalue weighted by molar-refractivity contribution is -0.149. The van der Waals surface area contributed by atoms with E-state index in [0.29, 0.717) is 19.5 Å². The zero-order valence-electron chi connectivity index (χ0n) is 23.8. The normalized spacial score (nSPS) is 28.7. The van der Waals surface area contributed by atoms with Crippen molar-refractivity contribution in [3.63, 3.8) is 0 Å². The van der Waals surface area contributed by atoms with E-state index in [1.165, 1.54) is 24.3 Å². The van der Waals surface area contributed by atoms with E-state index in [-0.39, 0.29) is 53.9 Å². The van der Waals surface area contributed by atoms with E-state index in [9.17, 15) is 19.5 Å². The number of carbonyl (C=O) groups excluding carboxylic acids is 3. The number of aliphatic hydroxyl groups excluding tert-OH is 1. The number of rotatable bonds is 3. The van der Waals surface area contributed by atoms with Crippen LogP contribution in [0.1, 0.15) is 56.9 Å². The van der Waals surface area contributed by atoms with Gasteiger partial charge < -0.3 is 29.3 Å². The van der Waals surface area contributed by atoms with Gasteiger partial charge in [-0.1, -0.05) is 56.7 Å². The summed E-state index contributed by atoms with van der Waals surface area (Å²) in [6.45, 7) is 8.20. The van der Waals surface area contributed by atoms with E-state index in [1.807, 2.05) is 33.8 Å². The van der Waals surface area contributed by atoms with Crippen LogP contribution in [-0.2, 0) is 25.6 Å². The van der Waals surface area contributed by atoms with Gasteiger partial charge in [0, 0.05) is 31.5 Å². The number of aromatic nitrogens is 1. The third kappa shape index (κ3) is 8.73. The molecule has 0 unspecified atom stereocenters. The van der Waals surface area contributed by atoms with Crippen molar-refractivity contribution in [2.45, 2.75) is 65.2 Å². The average molecular weight is 557 g/mol. The summed E-state index contributed by atoms with van der Waals surface area (Å²) in [7, 11) is 1.47. The smallest absolute Gasteiger partial charge is 0.355 e. The Balaban J connectivity index is 1.89. The Labute approximate surface area is 234 Å². The molecule has 218 valence electrons. The van der Waals surface area contributed by atoms with Crippen molar-refractivity contribution in [2.24, 2.45) is 11.8 Å². The summed E-state index contributed by atoms with van der Waals surface area (Å²) in [5, 5.41) is 13.4. The van der Waals surface area contributed by atoms with Crippen LogP contribution in [0.3, 0.4) is 0 Å². The molecule has 40 heavy (non-hydrogen) atoms. The van der Waals surface area contributed by atoms with Crippen LogP contribution in [0.2, 0.25) is 0 Å². The minimum absolute atomic E-state index is 0.0351. The number of carbonyl (C=O) groups is 3. The second kappa shape index (κ2) is 14.7. The number of nitrogens with one attached hydrogen (secondary N) is 2. The fourth-order valence-electron chi connectivity index (χ4n) is 4.72. The van der Waals surface area contributed by atoms with Gasteiger partial charge in [0.1, 0.15) is 18.1 Å². The molecule has 2 aliphatic rings. The third-order valence-electron chi connectivity index (χ3n) is 6.64. The van der Waals surface area contributed by atoms with Gasteiger partial charge in [0.2, 0.25) is 5.91 Å². The summed E-state index contributed by atoms with van der Waals surface area (Å²) in [5.74, 6) is -1.36. The Morgan fingerprint density at radius 3 is 2.75 bits per heavy atom. The van der Waals surface area contributed by atoms with E-state index < -0.39 is 24.1 Å². The molecule has 3 N–H and O–H groups in total. The largest absolute Gasteiger partial charge is 0.457 e. The minimum Gasteiger partial charge on any atom is -0.457 e. The van der Waals surface area contributed by atoms with Crippen molar-refractivity contribution in [3.8, 4) is 0 Å². The van der Waals surface area contributed by atoms with Crippen LogP contribution in [0.4, 0.5) is 0 Å². The number of esters is 1. The highest BCUT2D eigenvalue weighted by atomic mass is 16.6. The van der Waals surface area contributed by atoms with Gasteiger partial charge in [-0.2, -0.15) is 5.48 Å². The predicted molar refractivity (Wildman–Crippen MR) is 147 cm³/mol. The second-order valence-corrected chi connectivity index (χ2v) is 10.4. The number of allylic oxidation sites excluding steroid dienone is 2. The standard InChI is InChI=1S/C29H40N4O7/c1-18(2)27-20(4)10-11-25(35)30-12-6-8-19(3)14-22(34)15-21(32-38-5)16-26-31-23(17-39-26)28(36)33-13-7-9-24(33)29(37)40-27/h6,8-11,14,17-18,20-22,27,32,34H,7,12-13,15-16H2,1-5H3,(H,30,35)/b8-6+,11-10+,19-14+/t20-,21-,22-,27-/m1/s1. The number of nitrogens with zero attached hydrogens (tertiary/aromatic N) is 2. The number of amides is 2. The van der Waals surface area contributed by atoms with Gasteiger partial charge in [0.15, 0.2) is 11.6 Å². The second-order valence-electron chi connectivity index (χ2n) is 10.4. The molecule has 1 aromatic rings. The number of oxazole rings is 1. The minimum atomic E-state index is -0.800. The first-order valence-electron chi connectivity index (χ1n) is 13.5. The highest BCUT2D eigenvalue weighted by Crippen LogP contribution is 2.24. The molecule has 11 nitrogen and oxygen atoms in total. The molecular weight excluding hydrogens is 516 g/mol. The molecule has 0 saturated carbocycles. The summed E-state index contributed by atoms with van der Waals surface area (Å²) in [6.07, 6.45) is 11.1. The fraction of sp³-hybridized carbons (Fsp3) is 0.517. The lowest BCUT2D eigenvalue weighted by atomic mass is 9.94. The Kier molecular flexibility index (Phi) is 11.4. The van der Waals surface area contributed by atoms with Gasteiger partial charge in [0.05, 0.1) is 13.2 Å². The van der Waals surface area contributed by atoms with Crippen molar-refractivity contribution < 1.29 is 33.5 Å². The molecule has 0 spiro atoms. The van der Waals surface area contributed by atoms with Crippen LogP contribution < -0.4 is 10.8 Å². The van der Waals surface area contributed by atoms with Crippen molar-refractivity contribution in [1.29, 1.82) is 0 Å². The Morgan fingerprint density at radius 1 is 1.25 bits per heavy atom. The molecule has 0 aromatic carbocycles. The molecule has 0 saturated heterocycles. The Bertz CT molecular complexity index is 1170. The summed E-state index contributed by atoms with van der Waals surface area (Å²) in [5.41, 5.74) is 3.87. The molecule has 2 aliphatic heterocycles. The van der Waals surface area contributed by atoms with Crippen LogP contribution in [0.15, 0.2) is 58.4 Å². The first kappa shape index (κ1) is 31.0. The molecule has 3 rings (SSSR count). The van der Waals surface area contributed by atoms with Gasteiger partial charge in [-0.05, 0) is 31.8 Å². The maximum Gasteiger partial charge on any atom is 0.355 e. The van der Waals surface area contributed by atoms with Crippen molar-refractivity contribution in [1.82, 2.24) is 20.7 Å². The van der Waals surface area contributed by atoms with Crippen LogP contribution in [0.25, 0.3) is 0 Å². The average Bonchev–Trinajstić information content (AvgIpc) is 3.57. The monoisotopic (exact) mass is 556 g/mol. The number of hydroxylamine groups is 1. The van der Waals surface area contributed by atoms with Crippen LogP contribution in [-0.4, -0.2) is 71.2 Å². The lowest BCUT2D eigenvalue weighted by Crippen LogP contribution is -2.36. The van der Waals surface area contributed by atoms with Crippen LogP contribution >= 0.6 is 0 Å². The SMILES string of the molecule is CON[C@H]1Cc2nc(co2)C(=O)N2CCC=C2C(=O)O[C@H](C(C)C)[C@H](C)/C=C/C(=O)NC/C=C/C(C)=C/[C@@H](O)C1. The van der Waals surface area contributed by atoms with E-state index in [2.05, 4.69) is 15.8 Å². The van der Waals surface area contributed by atoms with Crippen molar-refractivity contribution in [2.75, 3.05) is 20.2 Å². The van der Waals surface area contributed by atoms with Gasteiger partial charge in [-0.25, -0.2) is 9.78 Å². The molecule has 0 radical (unpaired) electrons. The fourth-order valence-corrected chi connectivity index (χ4v) is 4.72. The molecule has 2 bridgehead atoms. The van der Waals surface area contributed by atoms with E-state index >= 15 is 0 Å². The molecule has 0 fully saturated rings. The zero-order chi connectivity index (χ0) is 29.2. The Morgan fingerprint density at radius 2 is 2.02 bits per heavy atom. The van der Waals surface area contributed by atoms with Gasteiger partial charge in [-0.3, -0.25) is 9.59 Å². The number of cyclic esters (lactones) is 1. The number of hydrogen-bond donors (Lipinski definition) is 3. The van der Waals surface area contributed by atoms with E-state index in [1.54, 1.807) is 24.3 Å². The zero-order valence-corrected chi connectivity index (χ0v) is 23.8. The third-order valence-corrected chi connectivity index (χ3v) is 6.64. The summed E-state index contributed by atoms with van der Waals surface area (Å²) in [6, 6.07) is -0.366. The highest BCUT2D eigenvalue weighted by Gasteiger charge is 2.33. The molecule has 1 aromatic heterocycles. The van der Waals surface area contributed by atoms with Gasteiger partial charge >= 0.3 is 5.97 Å². The first-order valence-corrected chi connectivity index (χ1v) is 13.5. The molecule has 0 aliphatic carbocycles. The van der Waals surface area contributed by atoms with Crippen LogP contribution in [0, 0.1) is 11.8 Å². The van der Waals surface area contributed by atoms with Gasteiger partial charge in [0.25, 0.3) is 5.91 Å². The van der Waals surface area contributed by atoms with E-state index in [4.69, 9.17) is 14.0 Å². The number of hydrogen-bond acceptors (Lipinski definition) is 9. The molecular formula is C29H40N4O7. The lowest BCUT2D eigenvalue weighted by Gasteiger charge is -2.27. The number of aliphatic hydroxyl groups is 1. The van der Waals surface area contributed by atoms with Crippen molar-refractivity contribution >= 4 is 17.8 Å². The highest BCUT2D eigenvalue weighted by molar-refractivity contribution is 6.00. The van der Waals surface area contributed by atoms with E-state index in [0.717, 1.165) is 5.57 Å². The molecule has 3 heterocycles. The molecule has 4 atom stereocenters. The topological polar surface area (TPSA) is 143 Å². The molecule has 11 heteroatoms. The number of fused-ring (bicyclic) bond motifs is 3. The summed E-state index contributed by atoms with van der Waals surface area (Å²) >= 11 is 0. The first-order chi connectivity index (χ1) is 19.1. The maximum atomic E-state index is 13.3. The predicted octanol–water partition coefficient (Wildman–Crippen LogP) is 2.61. The quantitative estimate of drug-likeness (QED) is 0.378. The maximum absolute atomic E-state index is 13.3. The summed E-state index contributed by atoms with van der Waals surface area (Å²) in [4.78, 5) is 49.6. The summed E-state index contributed by atoms with van der Waals surface area (Å²) < 4.78 is 11.4. The van der Waals surface area contributed by atoms with Crippen LogP contribution in [0.5, 0.6) is 0 Å². The van der Waals surface area contributed by atoms with Gasteiger partial charge in [-0.15, -0.1) is 0 Å².